The molecule has 0 bridgehead atoms. The van der Waals surface area contributed by atoms with E-state index in [1.54, 1.807) is 26.5 Å². The molecule has 0 aliphatic rings. The van der Waals surface area contributed by atoms with Crippen LogP contribution in [-0.2, 0) is 0 Å². The number of hydrazone groups is 1. The van der Waals surface area contributed by atoms with Gasteiger partial charge in [-0.15, -0.1) is 0 Å². The lowest BCUT2D eigenvalue weighted by atomic mass is 10.1. The molecule has 29 heavy (non-hydrogen) atoms. The summed E-state index contributed by atoms with van der Waals surface area (Å²) in [5, 5.41) is 20.5. The summed E-state index contributed by atoms with van der Waals surface area (Å²) < 4.78 is 15.6. The van der Waals surface area contributed by atoms with Crippen molar-refractivity contribution in [3.05, 3.63) is 53.7 Å². The van der Waals surface area contributed by atoms with E-state index in [4.69, 9.17) is 14.2 Å². The molecule has 0 aliphatic carbocycles. The van der Waals surface area contributed by atoms with Crippen LogP contribution >= 0.6 is 0 Å². The molecule has 0 saturated carbocycles. The molecule has 1 aromatic heterocycles. The fourth-order valence-electron chi connectivity index (χ4n) is 2.66. The van der Waals surface area contributed by atoms with Gasteiger partial charge in [-0.05, 0) is 36.4 Å². The van der Waals surface area contributed by atoms with E-state index in [1.807, 2.05) is 12.1 Å². The van der Waals surface area contributed by atoms with Crippen molar-refractivity contribution in [3.63, 3.8) is 0 Å². The molecule has 9 nitrogen and oxygen atoms in total. The van der Waals surface area contributed by atoms with Crippen molar-refractivity contribution in [1.29, 1.82) is 0 Å². The van der Waals surface area contributed by atoms with Crippen LogP contribution in [0.1, 0.15) is 15.9 Å². The van der Waals surface area contributed by atoms with Gasteiger partial charge in [-0.25, -0.2) is 5.43 Å². The summed E-state index contributed by atoms with van der Waals surface area (Å²) in [5.41, 5.74) is 4.92. The van der Waals surface area contributed by atoms with Crippen LogP contribution < -0.4 is 19.6 Å². The number of hydrogen-bond donors (Lipinski definition) is 3. The highest BCUT2D eigenvalue weighted by molar-refractivity contribution is 5.96. The van der Waals surface area contributed by atoms with Crippen LogP contribution in [-0.4, -0.2) is 48.8 Å². The Morgan fingerprint density at radius 1 is 1.07 bits per heavy atom. The first-order chi connectivity index (χ1) is 14.1. The first kappa shape index (κ1) is 19.7. The zero-order valence-corrected chi connectivity index (χ0v) is 16.1. The summed E-state index contributed by atoms with van der Waals surface area (Å²) in [6.07, 6.45) is 3.07. The molecule has 0 atom stereocenters. The summed E-state index contributed by atoms with van der Waals surface area (Å²) in [5.74, 6) is 0.896. The van der Waals surface area contributed by atoms with Gasteiger partial charge in [0.05, 0.1) is 39.4 Å². The maximum absolute atomic E-state index is 12.2. The highest BCUT2D eigenvalue weighted by atomic mass is 16.5. The zero-order chi connectivity index (χ0) is 20.8. The molecular weight excluding hydrogens is 376 g/mol. The highest BCUT2D eigenvalue weighted by Gasteiger charge is 2.12. The van der Waals surface area contributed by atoms with Crippen LogP contribution in [0, 0.1) is 0 Å². The second-order valence-corrected chi connectivity index (χ2v) is 5.86. The minimum atomic E-state index is -0.448. The van der Waals surface area contributed by atoms with Gasteiger partial charge in [-0.3, -0.25) is 9.89 Å². The smallest absolute Gasteiger partial charge is 0.271 e. The Hall–Kier alpha value is -4.01. The molecular formula is C20H20N4O5. The third-order valence-electron chi connectivity index (χ3n) is 4.15. The number of rotatable bonds is 7. The molecule has 0 spiro atoms. The van der Waals surface area contributed by atoms with Gasteiger partial charge in [-0.2, -0.15) is 10.2 Å². The number of aromatic nitrogens is 2. The van der Waals surface area contributed by atoms with Gasteiger partial charge in [-0.1, -0.05) is 0 Å². The number of hydrogen-bond acceptors (Lipinski definition) is 7. The minimum absolute atomic E-state index is 0.0505. The van der Waals surface area contributed by atoms with E-state index < -0.39 is 5.91 Å². The summed E-state index contributed by atoms with van der Waals surface area (Å²) >= 11 is 0. The van der Waals surface area contributed by atoms with Gasteiger partial charge < -0.3 is 19.3 Å². The minimum Gasteiger partial charge on any atom is -0.504 e. The maximum Gasteiger partial charge on any atom is 0.271 e. The number of phenolic OH excluding ortho intramolecular Hbond substituents is 1. The predicted molar refractivity (Wildman–Crippen MR) is 107 cm³/mol. The SMILES string of the molecule is COc1cc(C(=O)N/N=C\c2cn[nH]c2-c2ccc(OC)c(OC)c2)ccc1O. The van der Waals surface area contributed by atoms with Crippen LogP contribution in [0.4, 0.5) is 0 Å². The Morgan fingerprint density at radius 2 is 1.83 bits per heavy atom. The topological polar surface area (TPSA) is 118 Å². The number of amides is 1. The Bertz CT molecular complexity index is 1050. The number of nitrogens with one attached hydrogen (secondary N) is 2. The number of benzene rings is 2. The molecule has 150 valence electrons. The highest BCUT2D eigenvalue weighted by Crippen LogP contribution is 2.32. The van der Waals surface area contributed by atoms with E-state index in [0.717, 1.165) is 5.56 Å². The van der Waals surface area contributed by atoms with E-state index in [-0.39, 0.29) is 11.5 Å². The maximum atomic E-state index is 12.2. The Balaban J connectivity index is 1.76. The number of H-pyrrole nitrogens is 1. The molecule has 0 radical (unpaired) electrons. The number of phenols is 1. The Morgan fingerprint density at radius 3 is 2.55 bits per heavy atom. The Kier molecular flexibility index (Phi) is 5.98. The number of methoxy groups -OCH3 is 3. The lowest BCUT2D eigenvalue weighted by molar-refractivity contribution is 0.0954. The van der Waals surface area contributed by atoms with E-state index in [9.17, 15) is 9.90 Å². The molecule has 0 aliphatic heterocycles. The number of aromatic amines is 1. The monoisotopic (exact) mass is 396 g/mol. The van der Waals surface area contributed by atoms with Gasteiger partial charge in [0.15, 0.2) is 23.0 Å². The molecule has 3 rings (SSSR count). The fourth-order valence-corrected chi connectivity index (χ4v) is 2.66. The average molecular weight is 396 g/mol. The van der Waals surface area contributed by atoms with Crippen LogP contribution in [0.3, 0.4) is 0 Å². The van der Waals surface area contributed by atoms with Crippen LogP contribution in [0.5, 0.6) is 23.0 Å². The number of nitrogens with zero attached hydrogens (tertiary/aromatic N) is 2. The quantitative estimate of drug-likeness (QED) is 0.417. The lowest BCUT2D eigenvalue weighted by Crippen LogP contribution is -2.17. The van der Waals surface area contributed by atoms with E-state index in [0.29, 0.717) is 28.3 Å². The molecule has 1 heterocycles. The summed E-state index contributed by atoms with van der Waals surface area (Å²) in [6, 6.07) is 9.72. The standard InChI is InChI=1S/C20H20N4O5/c1-27-16-7-5-12(8-18(16)29-3)19-14(10-21-23-19)11-22-24-20(26)13-4-6-15(25)17(9-13)28-2/h4-11,25H,1-3H3,(H,21,23)(H,24,26)/b22-11-. The first-order valence-electron chi connectivity index (χ1n) is 8.53. The van der Waals surface area contributed by atoms with Crippen molar-refractivity contribution >= 4 is 12.1 Å². The molecule has 0 unspecified atom stereocenters. The third-order valence-corrected chi connectivity index (χ3v) is 4.15. The van der Waals surface area contributed by atoms with Crippen molar-refractivity contribution < 1.29 is 24.1 Å². The van der Waals surface area contributed by atoms with E-state index >= 15 is 0 Å². The normalized spacial score (nSPS) is 10.7. The van der Waals surface area contributed by atoms with Crippen molar-refractivity contribution in [3.8, 4) is 34.3 Å². The summed E-state index contributed by atoms with van der Waals surface area (Å²) in [4.78, 5) is 12.2. The van der Waals surface area contributed by atoms with Crippen LogP contribution in [0.25, 0.3) is 11.3 Å². The van der Waals surface area contributed by atoms with Crippen molar-refractivity contribution in [1.82, 2.24) is 15.6 Å². The predicted octanol–water partition coefficient (Wildman–Crippen LogP) is 2.57. The van der Waals surface area contributed by atoms with Gasteiger partial charge in [0.25, 0.3) is 5.91 Å². The molecule has 1 amide bonds. The molecule has 0 fully saturated rings. The van der Waals surface area contributed by atoms with Crippen LogP contribution in [0.15, 0.2) is 47.7 Å². The summed E-state index contributed by atoms with van der Waals surface area (Å²) in [7, 11) is 4.53. The number of aromatic hydroxyl groups is 1. The molecule has 9 heteroatoms. The summed E-state index contributed by atoms with van der Waals surface area (Å²) in [6.45, 7) is 0. The fraction of sp³-hybridized carbons (Fsp3) is 0.150. The van der Waals surface area contributed by atoms with Gasteiger partial charge in [0.1, 0.15) is 0 Å². The molecule has 3 aromatic rings. The molecule has 3 N–H and O–H groups in total. The number of ether oxygens (including phenoxy) is 3. The van der Waals surface area contributed by atoms with E-state index in [2.05, 4.69) is 20.7 Å². The number of carbonyl (C=O) groups is 1. The van der Waals surface area contributed by atoms with Gasteiger partial charge in [0.2, 0.25) is 0 Å². The first-order valence-corrected chi connectivity index (χ1v) is 8.53. The van der Waals surface area contributed by atoms with Gasteiger partial charge in [0, 0.05) is 16.7 Å². The third kappa shape index (κ3) is 4.29. The lowest BCUT2D eigenvalue weighted by Gasteiger charge is -2.09. The van der Waals surface area contributed by atoms with Crippen molar-refractivity contribution in [2.24, 2.45) is 5.10 Å². The number of carbonyl (C=O) groups excluding carboxylic acids is 1. The van der Waals surface area contributed by atoms with Crippen molar-refractivity contribution in [2.45, 2.75) is 0 Å². The van der Waals surface area contributed by atoms with Gasteiger partial charge >= 0.3 is 0 Å². The zero-order valence-electron chi connectivity index (χ0n) is 16.1. The average Bonchev–Trinajstić information content (AvgIpc) is 3.21. The van der Waals surface area contributed by atoms with Crippen molar-refractivity contribution in [2.75, 3.05) is 21.3 Å². The molecule has 0 saturated heterocycles. The van der Waals surface area contributed by atoms with E-state index in [1.165, 1.54) is 31.5 Å². The molecule has 2 aromatic carbocycles. The largest absolute Gasteiger partial charge is 0.504 e. The second kappa shape index (κ2) is 8.79. The Labute approximate surface area is 166 Å². The van der Waals surface area contributed by atoms with Crippen LogP contribution in [0.2, 0.25) is 0 Å². The second-order valence-electron chi connectivity index (χ2n) is 5.86.